The molecule has 3 rings (SSSR count). The molecule has 1 aromatic heterocycles. The molecule has 0 atom stereocenters. The third-order valence-corrected chi connectivity index (χ3v) is 3.91. The molecule has 0 saturated heterocycles. The van der Waals surface area contributed by atoms with Crippen molar-refractivity contribution in [1.82, 2.24) is 15.6 Å². The SMILES string of the molecule is CN=C(NCc1ccc(Cl)nc1)NCc1cc2c(cc1OC(F)F)OCO2.I. The minimum atomic E-state index is -2.95. The molecule has 0 spiro atoms. The molecular formula is C17H18ClF2IN4O3. The molecule has 1 aromatic carbocycles. The van der Waals surface area contributed by atoms with E-state index in [1.807, 2.05) is 6.07 Å². The van der Waals surface area contributed by atoms with Gasteiger partial charge in [0.2, 0.25) is 6.79 Å². The number of ether oxygens (including phenoxy) is 3. The van der Waals surface area contributed by atoms with Gasteiger partial charge in [-0.1, -0.05) is 17.7 Å². The first-order valence-electron chi connectivity index (χ1n) is 7.97. The second-order valence-electron chi connectivity index (χ2n) is 5.46. The molecule has 28 heavy (non-hydrogen) atoms. The summed E-state index contributed by atoms with van der Waals surface area (Å²) < 4.78 is 40.5. The van der Waals surface area contributed by atoms with Crippen LogP contribution in [0.5, 0.6) is 17.2 Å². The number of nitrogens with zero attached hydrogens (tertiary/aromatic N) is 2. The summed E-state index contributed by atoms with van der Waals surface area (Å²) in [5.41, 5.74) is 1.39. The van der Waals surface area contributed by atoms with Gasteiger partial charge in [-0.15, -0.1) is 24.0 Å². The van der Waals surface area contributed by atoms with E-state index in [1.165, 1.54) is 6.07 Å². The lowest BCUT2D eigenvalue weighted by molar-refractivity contribution is -0.0505. The lowest BCUT2D eigenvalue weighted by Crippen LogP contribution is -2.36. The maximum atomic E-state index is 12.7. The van der Waals surface area contributed by atoms with Gasteiger partial charge < -0.3 is 24.8 Å². The van der Waals surface area contributed by atoms with Crippen molar-refractivity contribution >= 4 is 41.5 Å². The van der Waals surface area contributed by atoms with Gasteiger partial charge in [-0.05, 0) is 17.7 Å². The van der Waals surface area contributed by atoms with Crippen LogP contribution in [0, 0.1) is 0 Å². The van der Waals surface area contributed by atoms with Crippen molar-refractivity contribution in [1.29, 1.82) is 0 Å². The van der Waals surface area contributed by atoms with E-state index in [0.717, 1.165) is 5.56 Å². The van der Waals surface area contributed by atoms with Crippen molar-refractivity contribution in [3.8, 4) is 17.2 Å². The van der Waals surface area contributed by atoms with Crippen LogP contribution in [0.2, 0.25) is 5.15 Å². The van der Waals surface area contributed by atoms with E-state index in [9.17, 15) is 8.78 Å². The zero-order chi connectivity index (χ0) is 19.2. The Morgan fingerprint density at radius 1 is 1.25 bits per heavy atom. The highest BCUT2D eigenvalue weighted by Crippen LogP contribution is 2.38. The highest BCUT2D eigenvalue weighted by molar-refractivity contribution is 14.0. The van der Waals surface area contributed by atoms with Crippen LogP contribution in [0.4, 0.5) is 8.78 Å². The number of aliphatic imine (C=N–C) groups is 1. The first kappa shape index (κ1) is 22.2. The predicted molar refractivity (Wildman–Crippen MR) is 111 cm³/mol. The van der Waals surface area contributed by atoms with Crippen LogP contribution >= 0.6 is 35.6 Å². The van der Waals surface area contributed by atoms with Crippen LogP contribution in [-0.2, 0) is 13.1 Å². The Labute approximate surface area is 182 Å². The second-order valence-corrected chi connectivity index (χ2v) is 5.85. The number of halogens is 4. The summed E-state index contributed by atoms with van der Waals surface area (Å²) in [6.45, 7) is -2.25. The molecule has 2 aromatic rings. The lowest BCUT2D eigenvalue weighted by atomic mass is 10.1. The molecule has 0 unspecified atom stereocenters. The molecular weight excluding hydrogens is 509 g/mol. The average molecular weight is 527 g/mol. The molecule has 0 bridgehead atoms. The van der Waals surface area contributed by atoms with E-state index in [4.69, 9.17) is 21.1 Å². The maximum Gasteiger partial charge on any atom is 0.387 e. The molecule has 2 heterocycles. The molecule has 2 N–H and O–H groups in total. The van der Waals surface area contributed by atoms with Gasteiger partial charge in [0.15, 0.2) is 17.5 Å². The van der Waals surface area contributed by atoms with Crippen molar-refractivity contribution < 1.29 is 23.0 Å². The second kappa shape index (κ2) is 10.5. The molecule has 1 aliphatic rings. The normalized spacial score (nSPS) is 12.5. The number of guanidine groups is 1. The topological polar surface area (TPSA) is 77.0 Å². The van der Waals surface area contributed by atoms with Crippen LogP contribution < -0.4 is 24.8 Å². The van der Waals surface area contributed by atoms with Gasteiger partial charge in [0.1, 0.15) is 10.9 Å². The number of hydrogen-bond acceptors (Lipinski definition) is 5. The average Bonchev–Trinajstić information content (AvgIpc) is 3.10. The molecule has 0 amide bonds. The highest BCUT2D eigenvalue weighted by Gasteiger charge is 2.20. The number of rotatable bonds is 6. The Balaban J connectivity index is 0.00000280. The predicted octanol–water partition coefficient (Wildman–Crippen LogP) is 3.55. The number of aromatic nitrogens is 1. The van der Waals surface area contributed by atoms with Crippen molar-refractivity contribution in [2.75, 3.05) is 13.8 Å². The Morgan fingerprint density at radius 3 is 2.61 bits per heavy atom. The number of hydrogen-bond donors (Lipinski definition) is 2. The first-order valence-corrected chi connectivity index (χ1v) is 8.35. The largest absolute Gasteiger partial charge is 0.454 e. The smallest absolute Gasteiger partial charge is 0.387 e. The van der Waals surface area contributed by atoms with Crippen molar-refractivity contribution in [2.45, 2.75) is 19.7 Å². The van der Waals surface area contributed by atoms with Crippen LogP contribution in [-0.4, -0.2) is 31.4 Å². The fourth-order valence-electron chi connectivity index (χ4n) is 2.41. The van der Waals surface area contributed by atoms with Crippen molar-refractivity contribution in [3.05, 3.63) is 46.7 Å². The van der Waals surface area contributed by atoms with Gasteiger partial charge in [0.05, 0.1) is 0 Å². The number of fused-ring (bicyclic) bond motifs is 1. The number of alkyl halides is 2. The minimum absolute atomic E-state index is 0. The van der Waals surface area contributed by atoms with Gasteiger partial charge in [-0.25, -0.2) is 4.98 Å². The van der Waals surface area contributed by atoms with Crippen molar-refractivity contribution in [2.24, 2.45) is 4.99 Å². The fourth-order valence-corrected chi connectivity index (χ4v) is 2.52. The van der Waals surface area contributed by atoms with E-state index >= 15 is 0 Å². The standard InChI is InChI=1S/C17H17ClF2N4O3.HI/c1-21-17(23-7-10-2-3-15(18)22-6-10)24-8-11-4-13-14(26-9-25-13)5-12(11)27-16(19)20;/h2-6,16H,7-9H2,1H3,(H2,21,23,24);1H. The van der Waals surface area contributed by atoms with Gasteiger partial charge >= 0.3 is 6.61 Å². The Kier molecular flexibility index (Phi) is 8.30. The van der Waals surface area contributed by atoms with Crippen LogP contribution in [0.3, 0.4) is 0 Å². The molecule has 11 heteroatoms. The van der Waals surface area contributed by atoms with E-state index < -0.39 is 6.61 Å². The van der Waals surface area contributed by atoms with Gasteiger partial charge in [-0.3, -0.25) is 4.99 Å². The summed E-state index contributed by atoms with van der Waals surface area (Å²) in [7, 11) is 1.60. The third kappa shape index (κ3) is 5.96. The van der Waals surface area contributed by atoms with Gasteiger partial charge in [0.25, 0.3) is 0 Å². The molecule has 152 valence electrons. The van der Waals surface area contributed by atoms with Crippen LogP contribution in [0.25, 0.3) is 0 Å². The number of benzene rings is 1. The summed E-state index contributed by atoms with van der Waals surface area (Å²) in [5, 5.41) is 6.55. The molecule has 0 aliphatic carbocycles. The van der Waals surface area contributed by atoms with Crippen molar-refractivity contribution in [3.63, 3.8) is 0 Å². The summed E-state index contributed by atoms with van der Waals surface area (Å²) in [4.78, 5) is 8.10. The molecule has 7 nitrogen and oxygen atoms in total. The van der Waals surface area contributed by atoms with E-state index in [0.29, 0.717) is 34.7 Å². The zero-order valence-corrected chi connectivity index (χ0v) is 17.8. The van der Waals surface area contributed by atoms with Gasteiger partial charge in [-0.2, -0.15) is 8.78 Å². The Hall–Kier alpha value is -2.08. The maximum absolute atomic E-state index is 12.7. The first-order chi connectivity index (χ1) is 13.0. The third-order valence-electron chi connectivity index (χ3n) is 3.69. The summed E-state index contributed by atoms with van der Waals surface area (Å²) in [5.74, 6) is 1.33. The van der Waals surface area contributed by atoms with E-state index in [-0.39, 0.29) is 43.1 Å². The lowest BCUT2D eigenvalue weighted by Gasteiger charge is -2.15. The monoisotopic (exact) mass is 526 g/mol. The molecule has 0 fully saturated rings. The minimum Gasteiger partial charge on any atom is -0.454 e. The van der Waals surface area contributed by atoms with Gasteiger partial charge in [0, 0.05) is 38.0 Å². The summed E-state index contributed by atoms with van der Waals surface area (Å²) in [6, 6.07) is 6.52. The van der Waals surface area contributed by atoms with Crippen LogP contribution in [0.15, 0.2) is 35.5 Å². The highest BCUT2D eigenvalue weighted by atomic mass is 127. The summed E-state index contributed by atoms with van der Waals surface area (Å²) in [6.07, 6.45) is 1.65. The summed E-state index contributed by atoms with van der Waals surface area (Å²) >= 11 is 5.76. The zero-order valence-electron chi connectivity index (χ0n) is 14.7. The Bertz CT molecular complexity index is 825. The molecule has 1 aliphatic heterocycles. The van der Waals surface area contributed by atoms with E-state index in [2.05, 4.69) is 25.3 Å². The Morgan fingerprint density at radius 2 is 1.96 bits per heavy atom. The quantitative estimate of drug-likeness (QED) is 0.260. The number of nitrogens with one attached hydrogen (secondary N) is 2. The van der Waals surface area contributed by atoms with E-state index in [1.54, 1.807) is 25.4 Å². The number of pyridine rings is 1. The van der Waals surface area contributed by atoms with Crippen LogP contribution in [0.1, 0.15) is 11.1 Å². The molecule has 0 saturated carbocycles. The fraction of sp³-hybridized carbons (Fsp3) is 0.294. The molecule has 0 radical (unpaired) electrons.